The Hall–Kier alpha value is -3.63. The summed E-state index contributed by atoms with van der Waals surface area (Å²) in [5.41, 5.74) is 7.73. The van der Waals surface area contributed by atoms with Crippen molar-refractivity contribution in [2.75, 3.05) is 18.5 Å². The van der Waals surface area contributed by atoms with E-state index in [1.54, 1.807) is 58.0 Å². The van der Waals surface area contributed by atoms with E-state index >= 15 is 0 Å². The van der Waals surface area contributed by atoms with Gasteiger partial charge in [-0.05, 0) is 58.7 Å². The summed E-state index contributed by atoms with van der Waals surface area (Å²) in [5, 5.41) is 15.4. The Bertz CT molecular complexity index is 1190. The van der Waals surface area contributed by atoms with Gasteiger partial charge in [-0.3, -0.25) is 14.4 Å². The lowest BCUT2D eigenvalue weighted by atomic mass is 9.98. The van der Waals surface area contributed by atoms with E-state index in [0.29, 0.717) is 21.8 Å². The number of nitrogens with zero attached hydrogens (tertiary/aromatic N) is 1. The van der Waals surface area contributed by atoms with Gasteiger partial charge in [-0.1, -0.05) is 53.1 Å². The van der Waals surface area contributed by atoms with E-state index in [0.717, 1.165) is 16.0 Å². The molecule has 212 valence electrons. The number of aliphatic hydroxyl groups is 1. The highest BCUT2D eigenvalue weighted by molar-refractivity contribution is 6.34. The molecule has 0 saturated carbocycles. The highest BCUT2D eigenvalue weighted by Crippen LogP contribution is 2.30. The minimum Gasteiger partial charge on any atom is -0.444 e. The number of amides is 4. The summed E-state index contributed by atoms with van der Waals surface area (Å²) in [4.78, 5) is 53.2. The van der Waals surface area contributed by atoms with Crippen LogP contribution in [0.25, 0.3) is 0 Å². The Morgan fingerprint density at radius 1 is 1.08 bits per heavy atom. The van der Waals surface area contributed by atoms with Gasteiger partial charge in [0.1, 0.15) is 17.7 Å². The first-order valence-corrected chi connectivity index (χ1v) is 12.8. The van der Waals surface area contributed by atoms with Crippen LogP contribution in [0.15, 0.2) is 36.4 Å². The van der Waals surface area contributed by atoms with Crippen LogP contribution in [0.3, 0.4) is 0 Å². The van der Waals surface area contributed by atoms with Gasteiger partial charge in [0.05, 0.1) is 23.7 Å². The van der Waals surface area contributed by atoms with Crippen LogP contribution in [0, 0.1) is 20.8 Å². The van der Waals surface area contributed by atoms with Crippen molar-refractivity contribution in [1.29, 1.82) is 0 Å². The van der Waals surface area contributed by atoms with Crippen LogP contribution in [0.4, 0.5) is 10.5 Å². The lowest BCUT2D eigenvalue weighted by Gasteiger charge is -2.34. The Balaban J connectivity index is 2.60. The number of primary amides is 1. The van der Waals surface area contributed by atoms with E-state index < -0.39 is 54.5 Å². The van der Waals surface area contributed by atoms with Crippen LogP contribution in [0.2, 0.25) is 5.02 Å². The molecule has 0 aromatic heterocycles. The smallest absolute Gasteiger partial charge is 0.408 e. The zero-order chi connectivity index (χ0) is 29.5. The lowest BCUT2D eigenvalue weighted by molar-refractivity contribution is -0.142. The molecule has 0 heterocycles. The van der Waals surface area contributed by atoms with Crippen LogP contribution >= 0.6 is 11.6 Å². The van der Waals surface area contributed by atoms with Gasteiger partial charge in [0.2, 0.25) is 11.8 Å². The second-order valence-electron chi connectivity index (χ2n) is 10.4. The molecule has 2 rings (SSSR count). The number of benzene rings is 2. The summed E-state index contributed by atoms with van der Waals surface area (Å²) < 4.78 is 5.25. The number of carbonyl (C=O) groups is 4. The molecule has 4 amide bonds. The highest BCUT2D eigenvalue weighted by atomic mass is 35.5. The van der Waals surface area contributed by atoms with Crippen LogP contribution in [-0.2, 0) is 19.1 Å². The molecule has 0 aliphatic heterocycles. The van der Waals surface area contributed by atoms with Gasteiger partial charge in [0.25, 0.3) is 5.91 Å². The maximum Gasteiger partial charge on any atom is 0.408 e. The van der Waals surface area contributed by atoms with Gasteiger partial charge < -0.3 is 31.1 Å². The van der Waals surface area contributed by atoms with Crippen molar-refractivity contribution >= 4 is 41.1 Å². The number of hydrogen-bond acceptors (Lipinski definition) is 6. The molecule has 0 spiro atoms. The first-order chi connectivity index (χ1) is 18.1. The van der Waals surface area contributed by atoms with Crippen LogP contribution in [0.1, 0.15) is 55.5 Å². The Morgan fingerprint density at radius 3 is 2.21 bits per heavy atom. The molecular formula is C28H37ClN4O6. The van der Waals surface area contributed by atoms with E-state index in [1.165, 1.54) is 0 Å². The molecule has 11 heteroatoms. The summed E-state index contributed by atoms with van der Waals surface area (Å²) in [6, 6.07) is 7.85. The van der Waals surface area contributed by atoms with Crippen molar-refractivity contribution in [3.05, 3.63) is 63.7 Å². The maximum atomic E-state index is 13.9. The maximum absolute atomic E-state index is 13.9. The number of aliphatic hydroxyl groups excluding tert-OH is 1. The number of nitrogens with two attached hydrogens (primary N) is 1. The summed E-state index contributed by atoms with van der Waals surface area (Å²) in [5.74, 6) is -2.26. The standard InChI is InChI=1S/C28H37ClN4O6/c1-16-12-17(2)14-19(13-16)24(25(36)32-23-18(3)8-7-9-20(23)29)33(10-11-34)26(37)21(15-22(30)35)31-27(38)39-28(4,5)6/h7-9,12-14,21,24,34H,10-11,15H2,1-6H3,(H2,30,35)(H,31,38)(H,32,36). The van der Waals surface area contributed by atoms with Crippen molar-refractivity contribution in [2.45, 2.75) is 65.6 Å². The van der Waals surface area contributed by atoms with Crippen molar-refractivity contribution in [3.8, 4) is 0 Å². The monoisotopic (exact) mass is 560 g/mol. The third-order valence-electron chi connectivity index (χ3n) is 5.61. The van der Waals surface area contributed by atoms with Gasteiger partial charge in [-0.2, -0.15) is 0 Å². The third kappa shape index (κ3) is 9.26. The lowest BCUT2D eigenvalue weighted by Crippen LogP contribution is -2.54. The molecule has 0 aliphatic carbocycles. The topological polar surface area (TPSA) is 151 Å². The zero-order valence-corrected chi connectivity index (χ0v) is 23.9. The van der Waals surface area contributed by atoms with Crippen molar-refractivity contribution in [2.24, 2.45) is 5.73 Å². The van der Waals surface area contributed by atoms with E-state index in [2.05, 4.69) is 10.6 Å². The molecule has 0 fully saturated rings. The van der Waals surface area contributed by atoms with E-state index in [1.807, 2.05) is 19.9 Å². The summed E-state index contributed by atoms with van der Waals surface area (Å²) >= 11 is 6.35. The molecule has 10 nitrogen and oxygen atoms in total. The van der Waals surface area contributed by atoms with Crippen LogP contribution in [-0.4, -0.2) is 58.6 Å². The van der Waals surface area contributed by atoms with Crippen molar-refractivity contribution in [1.82, 2.24) is 10.2 Å². The molecule has 5 N–H and O–H groups in total. The van der Waals surface area contributed by atoms with Crippen molar-refractivity contribution < 1.29 is 29.0 Å². The van der Waals surface area contributed by atoms with Gasteiger partial charge >= 0.3 is 6.09 Å². The third-order valence-corrected chi connectivity index (χ3v) is 5.92. The number of rotatable bonds is 10. The number of nitrogens with one attached hydrogen (secondary N) is 2. The summed E-state index contributed by atoms with van der Waals surface area (Å²) in [7, 11) is 0. The molecule has 2 aromatic carbocycles. The summed E-state index contributed by atoms with van der Waals surface area (Å²) in [6.07, 6.45) is -1.49. The molecule has 0 bridgehead atoms. The molecule has 0 saturated heterocycles. The quantitative estimate of drug-likeness (QED) is 0.349. The normalized spacial score (nSPS) is 12.7. The minimum absolute atomic E-state index is 0.281. The van der Waals surface area contributed by atoms with E-state index in [-0.39, 0.29) is 6.54 Å². The van der Waals surface area contributed by atoms with Crippen LogP contribution in [0.5, 0.6) is 0 Å². The van der Waals surface area contributed by atoms with Crippen LogP contribution < -0.4 is 16.4 Å². The zero-order valence-electron chi connectivity index (χ0n) is 23.1. The number of para-hydroxylation sites is 1. The second-order valence-corrected chi connectivity index (χ2v) is 10.8. The molecular weight excluding hydrogens is 524 g/mol. The Labute approximate surface area is 233 Å². The number of halogens is 1. The Morgan fingerprint density at radius 2 is 1.69 bits per heavy atom. The van der Waals surface area contributed by atoms with E-state index in [4.69, 9.17) is 22.1 Å². The first-order valence-electron chi connectivity index (χ1n) is 12.5. The molecule has 0 radical (unpaired) electrons. The van der Waals surface area contributed by atoms with Gasteiger partial charge in [0, 0.05) is 6.54 Å². The number of aryl methyl sites for hydroxylation is 3. The molecule has 2 aromatic rings. The Kier molecular flexibility index (Phi) is 10.9. The molecule has 2 atom stereocenters. The fraction of sp³-hybridized carbons (Fsp3) is 0.429. The van der Waals surface area contributed by atoms with Gasteiger partial charge in [-0.25, -0.2) is 4.79 Å². The second kappa shape index (κ2) is 13.4. The number of carbonyl (C=O) groups excluding carboxylic acids is 4. The number of ether oxygens (including phenoxy) is 1. The average molecular weight is 561 g/mol. The largest absolute Gasteiger partial charge is 0.444 e. The minimum atomic E-state index is -1.45. The predicted molar refractivity (Wildman–Crippen MR) is 149 cm³/mol. The van der Waals surface area contributed by atoms with Gasteiger partial charge in [-0.15, -0.1) is 0 Å². The van der Waals surface area contributed by atoms with E-state index in [9.17, 15) is 24.3 Å². The predicted octanol–water partition coefficient (Wildman–Crippen LogP) is 3.53. The number of alkyl carbamates (subject to hydrolysis) is 1. The molecule has 0 aliphatic rings. The molecule has 2 unspecified atom stereocenters. The van der Waals surface area contributed by atoms with Gasteiger partial charge in [0.15, 0.2) is 0 Å². The van der Waals surface area contributed by atoms with Crippen molar-refractivity contribution in [3.63, 3.8) is 0 Å². The fourth-order valence-corrected chi connectivity index (χ4v) is 4.42. The molecule has 39 heavy (non-hydrogen) atoms. The first kappa shape index (κ1) is 31.6. The highest BCUT2D eigenvalue weighted by Gasteiger charge is 2.37. The SMILES string of the molecule is Cc1cc(C)cc(C(C(=O)Nc2c(C)cccc2Cl)N(CCO)C(=O)C(CC(N)=O)NC(=O)OC(C)(C)C)c1. The average Bonchev–Trinajstić information content (AvgIpc) is 2.78. The number of anilines is 1. The summed E-state index contributed by atoms with van der Waals surface area (Å²) in [6.45, 7) is 9.63. The number of hydrogen-bond donors (Lipinski definition) is 4. The fourth-order valence-electron chi connectivity index (χ4n) is 4.15.